The van der Waals surface area contributed by atoms with E-state index in [4.69, 9.17) is 14.5 Å². The number of ether oxygens (including phenoxy) is 2. The lowest BCUT2D eigenvalue weighted by Crippen LogP contribution is -2.25. The molecule has 10 heteroatoms. The number of hydrogen-bond acceptors (Lipinski definition) is 6. The summed E-state index contributed by atoms with van der Waals surface area (Å²) >= 11 is 7.81. The molecular formula is C26H26BrI2N3O4. The molecule has 1 fully saturated rings. The molecule has 36 heavy (non-hydrogen) atoms. The summed E-state index contributed by atoms with van der Waals surface area (Å²) in [5.41, 5.74) is 1.33. The van der Waals surface area contributed by atoms with E-state index in [9.17, 15) is 9.59 Å². The summed E-state index contributed by atoms with van der Waals surface area (Å²) in [6.07, 6.45) is 6.98. The van der Waals surface area contributed by atoms with Gasteiger partial charge in [-0.05, 0) is 108 Å². The van der Waals surface area contributed by atoms with Crippen LogP contribution in [0.4, 0.5) is 0 Å². The molecule has 0 unspecified atom stereocenters. The maximum absolute atomic E-state index is 13.5. The molecule has 1 aliphatic carbocycles. The topological polar surface area (TPSA) is 82.8 Å². The van der Waals surface area contributed by atoms with Gasteiger partial charge in [-0.3, -0.25) is 4.79 Å². The molecule has 0 aliphatic heterocycles. The van der Waals surface area contributed by atoms with Gasteiger partial charge in [0.15, 0.2) is 6.61 Å². The van der Waals surface area contributed by atoms with Crippen LogP contribution in [0.15, 0.2) is 44.7 Å². The summed E-state index contributed by atoms with van der Waals surface area (Å²) in [4.78, 5) is 30.3. The van der Waals surface area contributed by atoms with E-state index in [0.29, 0.717) is 16.7 Å². The molecule has 0 atom stereocenters. The molecule has 1 aliphatic rings. The third kappa shape index (κ3) is 6.66. The number of rotatable bonds is 7. The van der Waals surface area contributed by atoms with Gasteiger partial charge in [-0.2, -0.15) is 9.78 Å². The maximum Gasteiger partial charge on any atom is 0.344 e. The highest BCUT2D eigenvalue weighted by Crippen LogP contribution is 2.32. The van der Waals surface area contributed by atoms with E-state index in [0.717, 1.165) is 48.7 Å². The molecule has 1 heterocycles. The van der Waals surface area contributed by atoms with Crippen LogP contribution in [0, 0.1) is 7.14 Å². The third-order valence-corrected chi connectivity index (χ3v) is 7.94. The Kier molecular flexibility index (Phi) is 9.42. The normalized spacial score (nSPS) is 14.6. The SMILES string of the molecule is CC(C)OC(=O)COc1c(I)cc(C=Nn2c(C3CCCCC3)nc3ccc(Br)cc3c2=O)cc1I. The van der Waals surface area contributed by atoms with Crippen LogP contribution in [0.3, 0.4) is 0 Å². The van der Waals surface area contributed by atoms with Gasteiger partial charge in [0, 0.05) is 10.4 Å². The molecular weight excluding hydrogens is 752 g/mol. The molecule has 1 aromatic heterocycles. The smallest absolute Gasteiger partial charge is 0.344 e. The van der Waals surface area contributed by atoms with Crippen molar-refractivity contribution in [3.05, 3.63) is 63.7 Å². The Morgan fingerprint density at radius 3 is 2.56 bits per heavy atom. The first-order valence-corrected chi connectivity index (χ1v) is 14.8. The molecule has 1 saturated carbocycles. The molecule has 0 radical (unpaired) electrons. The van der Waals surface area contributed by atoms with Crippen molar-refractivity contribution in [2.45, 2.75) is 58.0 Å². The van der Waals surface area contributed by atoms with Crippen LogP contribution >= 0.6 is 61.1 Å². The Labute approximate surface area is 245 Å². The number of aromatic nitrogens is 2. The largest absolute Gasteiger partial charge is 0.480 e. The second kappa shape index (κ2) is 12.3. The molecule has 0 N–H and O–H groups in total. The molecule has 7 nitrogen and oxygen atoms in total. The summed E-state index contributed by atoms with van der Waals surface area (Å²) in [7, 11) is 0. The van der Waals surface area contributed by atoms with Crippen molar-refractivity contribution >= 4 is 84.2 Å². The Hall–Kier alpha value is -1.54. The summed E-state index contributed by atoms with van der Waals surface area (Å²) in [5.74, 6) is 1.13. The number of esters is 1. The van der Waals surface area contributed by atoms with Crippen molar-refractivity contribution in [2.75, 3.05) is 6.61 Å². The predicted molar refractivity (Wildman–Crippen MR) is 161 cm³/mol. The Morgan fingerprint density at radius 1 is 1.19 bits per heavy atom. The van der Waals surface area contributed by atoms with Gasteiger partial charge in [-0.15, -0.1) is 0 Å². The molecule has 0 bridgehead atoms. The molecule has 190 valence electrons. The van der Waals surface area contributed by atoms with Crippen molar-refractivity contribution in [3.8, 4) is 5.75 Å². The highest BCUT2D eigenvalue weighted by Gasteiger charge is 2.22. The quantitative estimate of drug-likeness (QED) is 0.153. The zero-order chi connectivity index (χ0) is 25.8. The number of benzene rings is 2. The van der Waals surface area contributed by atoms with E-state index in [2.05, 4.69) is 66.2 Å². The van der Waals surface area contributed by atoms with E-state index >= 15 is 0 Å². The van der Waals surface area contributed by atoms with Crippen LogP contribution < -0.4 is 10.3 Å². The third-order valence-electron chi connectivity index (χ3n) is 5.85. The fraction of sp³-hybridized carbons (Fsp3) is 0.385. The second-order valence-corrected chi connectivity index (χ2v) is 12.2. The lowest BCUT2D eigenvalue weighted by atomic mass is 9.88. The summed E-state index contributed by atoms with van der Waals surface area (Å²) < 4.78 is 14.8. The van der Waals surface area contributed by atoms with Gasteiger partial charge in [0.2, 0.25) is 0 Å². The minimum absolute atomic E-state index is 0.157. The van der Waals surface area contributed by atoms with Gasteiger partial charge in [-0.1, -0.05) is 35.2 Å². The van der Waals surface area contributed by atoms with Gasteiger partial charge in [0.05, 0.1) is 30.4 Å². The number of nitrogens with zero attached hydrogens (tertiary/aromatic N) is 3. The van der Waals surface area contributed by atoms with Gasteiger partial charge < -0.3 is 9.47 Å². The highest BCUT2D eigenvalue weighted by molar-refractivity contribution is 14.1. The first kappa shape index (κ1) is 27.5. The van der Waals surface area contributed by atoms with Gasteiger partial charge in [0.1, 0.15) is 11.6 Å². The van der Waals surface area contributed by atoms with E-state index in [1.807, 2.05) is 24.3 Å². The van der Waals surface area contributed by atoms with Crippen LogP contribution in [-0.2, 0) is 9.53 Å². The lowest BCUT2D eigenvalue weighted by molar-refractivity contribution is -0.149. The molecule has 0 amide bonds. The average Bonchev–Trinajstić information content (AvgIpc) is 2.83. The van der Waals surface area contributed by atoms with Gasteiger partial charge >= 0.3 is 5.97 Å². The van der Waals surface area contributed by atoms with Crippen molar-refractivity contribution in [1.29, 1.82) is 0 Å². The maximum atomic E-state index is 13.5. The molecule has 2 aromatic carbocycles. The van der Waals surface area contributed by atoms with Gasteiger partial charge in [0.25, 0.3) is 5.56 Å². The lowest BCUT2D eigenvalue weighted by Gasteiger charge is -2.22. The van der Waals surface area contributed by atoms with Crippen molar-refractivity contribution < 1.29 is 14.3 Å². The molecule has 3 aromatic rings. The highest BCUT2D eigenvalue weighted by atomic mass is 127. The Morgan fingerprint density at radius 2 is 1.89 bits per heavy atom. The van der Waals surface area contributed by atoms with Crippen LogP contribution in [0.2, 0.25) is 0 Å². The number of fused-ring (bicyclic) bond motifs is 1. The fourth-order valence-electron chi connectivity index (χ4n) is 4.25. The van der Waals surface area contributed by atoms with Crippen molar-refractivity contribution in [3.63, 3.8) is 0 Å². The van der Waals surface area contributed by atoms with E-state index in [1.165, 1.54) is 11.1 Å². The summed E-state index contributed by atoms with van der Waals surface area (Å²) in [6, 6.07) is 9.39. The van der Waals surface area contributed by atoms with Crippen LogP contribution in [0.25, 0.3) is 10.9 Å². The van der Waals surface area contributed by atoms with E-state index in [-0.39, 0.29) is 24.2 Å². The van der Waals surface area contributed by atoms with E-state index in [1.54, 1.807) is 26.1 Å². The zero-order valence-corrected chi connectivity index (χ0v) is 25.9. The van der Waals surface area contributed by atoms with Crippen molar-refractivity contribution in [2.24, 2.45) is 5.10 Å². The molecule has 0 spiro atoms. The number of halogens is 3. The monoisotopic (exact) mass is 777 g/mol. The second-order valence-electron chi connectivity index (χ2n) is 8.97. The van der Waals surface area contributed by atoms with E-state index < -0.39 is 5.97 Å². The summed E-state index contributed by atoms with van der Waals surface area (Å²) in [5, 5.41) is 5.16. The van der Waals surface area contributed by atoms with Crippen LogP contribution in [0.5, 0.6) is 5.75 Å². The predicted octanol–water partition coefficient (Wildman–Crippen LogP) is 6.63. The first-order valence-electron chi connectivity index (χ1n) is 11.8. The van der Waals surface area contributed by atoms with Crippen molar-refractivity contribution in [1.82, 2.24) is 9.66 Å². The number of carbonyl (C=O) groups is 1. The van der Waals surface area contributed by atoms with Crippen LogP contribution in [-0.4, -0.2) is 34.6 Å². The fourth-order valence-corrected chi connectivity index (χ4v) is 6.74. The van der Waals surface area contributed by atoms with Gasteiger partial charge in [-0.25, -0.2) is 9.78 Å². The number of carbonyl (C=O) groups excluding carboxylic acids is 1. The minimum atomic E-state index is -0.410. The Balaban J connectivity index is 1.67. The van der Waals surface area contributed by atoms with Crippen LogP contribution in [0.1, 0.15) is 63.3 Å². The first-order chi connectivity index (χ1) is 17.2. The standard InChI is InChI=1S/C26H26BrI2N3O4/c1-15(2)36-23(33)14-35-24-20(28)10-16(11-21(24)29)13-30-32-25(17-6-4-3-5-7-17)31-22-9-8-18(27)12-19(22)26(32)34/h8-13,15,17H,3-7,14H2,1-2H3. The zero-order valence-electron chi connectivity index (χ0n) is 20.0. The Bertz CT molecular complexity index is 1340. The molecule has 4 rings (SSSR count). The minimum Gasteiger partial charge on any atom is -0.480 e. The summed E-state index contributed by atoms with van der Waals surface area (Å²) in [6.45, 7) is 3.44. The average molecular weight is 778 g/mol. The number of hydrogen-bond donors (Lipinski definition) is 0. The molecule has 0 saturated heterocycles.